The lowest BCUT2D eigenvalue weighted by Gasteiger charge is -2.32. The lowest BCUT2D eigenvalue weighted by molar-refractivity contribution is -0.163. The van der Waals surface area contributed by atoms with Gasteiger partial charge in [-0.2, -0.15) is 5.01 Å². The highest BCUT2D eigenvalue weighted by Crippen LogP contribution is 2.33. The van der Waals surface area contributed by atoms with Crippen LogP contribution in [0.3, 0.4) is 0 Å². The Morgan fingerprint density at radius 3 is 2.60 bits per heavy atom. The Balaban J connectivity index is 1.59. The molecule has 1 aromatic rings. The third kappa shape index (κ3) is 2.84. The summed E-state index contributed by atoms with van der Waals surface area (Å²) in [5, 5.41) is 5.85. The zero-order valence-electron chi connectivity index (χ0n) is 14.5. The molecule has 3 heterocycles. The quantitative estimate of drug-likeness (QED) is 0.835. The molecule has 4 rings (SSSR count). The van der Waals surface area contributed by atoms with E-state index in [2.05, 4.69) is 18.3 Å². The first-order chi connectivity index (χ1) is 12.0. The van der Waals surface area contributed by atoms with Gasteiger partial charge in [-0.1, -0.05) is 12.1 Å². The number of benzene rings is 1. The standard InChI is InChI=1S/C19H23N3O3/c1-12-9-14(7-8-20-12)13-5-6-16-15(10-13)11-21(19(16)25)22-17(23)3-2-4-18(22)24/h5-6,10,12,14,20H,2-4,7-9,11H2,1H3. The summed E-state index contributed by atoms with van der Waals surface area (Å²) in [7, 11) is 0. The third-order valence-corrected chi connectivity index (χ3v) is 5.50. The molecule has 0 radical (unpaired) electrons. The van der Waals surface area contributed by atoms with Crippen molar-refractivity contribution in [2.75, 3.05) is 6.54 Å². The number of hydrogen-bond donors (Lipinski definition) is 1. The lowest BCUT2D eigenvalue weighted by atomic mass is 9.86. The fraction of sp³-hybridized carbons (Fsp3) is 0.526. The predicted octanol–water partition coefficient (Wildman–Crippen LogP) is 1.95. The SMILES string of the molecule is CC1CC(c2ccc3c(c2)CN(N2C(=O)CCCC2=O)C3=O)CCN1. The van der Waals surface area contributed by atoms with E-state index in [1.807, 2.05) is 12.1 Å². The fourth-order valence-corrected chi connectivity index (χ4v) is 4.19. The van der Waals surface area contributed by atoms with Gasteiger partial charge in [0.1, 0.15) is 0 Å². The van der Waals surface area contributed by atoms with E-state index in [9.17, 15) is 14.4 Å². The van der Waals surface area contributed by atoms with Crippen LogP contribution >= 0.6 is 0 Å². The van der Waals surface area contributed by atoms with Gasteiger partial charge in [0.15, 0.2) is 0 Å². The number of piperidine rings is 2. The Labute approximate surface area is 147 Å². The van der Waals surface area contributed by atoms with Crippen LogP contribution in [0.4, 0.5) is 0 Å². The van der Waals surface area contributed by atoms with Crippen molar-refractivity contribution in [3.8, 4) is 0 Å². The molecule has 6 heteroatoms. The number of carbonyl (C=O) groups is 3. The van der Waals surface area contributed by atoms with Crippen LogP contribution in [0.1, 0.15) is 66.4 Å². The smallest absolute Gasteiger partial charge is 0.273 e. The highest BCUT2D eigenvalue weighted by atomic mass is 16.2. The molecule has 0 spiro atoms. The van der Waals surface area contributed by atoms with Gasteiger partial charge in [-0.3, -0.25) is 14.4 Å². The van der Waals surface area contributed by atoms with Crippen molar-refractivity contribution < 1.29 is 14.4 Å². The molecule has 6 nitrogen and oxygen atoms in total. The zero-order valence-corrected chi connectivity index (χ0v) is 14.5. The summed E-state index contributed by atoms with van der Waals surface area (Å²) in [5.74, 6) is -0.303. The van der Waals surface area contributed by atoms with E-state index in [1.54, 1.807) is 0 Å². The highest BCUT2D eigenvalue weighted by molar-refractivity contribution is 6.04. The van der Waals surface area contributed by atoms with Gasteiger partial charge in [0, 0.05) is 24.4 Å². The maximum Gasteiger partial charge on any atom is 0.273 e. The van der Waals surface area contributed by atoms with Gasteiger partial charge < -0.3 is 5.32 Å². The molecule has 0 aromatic heterocycles. The molecule has 2 saturated heterocycles. The van der Waals surface area contributed by atoms with E-state index in [1.165, 1.54) is 10.6 Å². The normalized spacial score (nSPS) is 27.0. The Morgan fingerprint density at radius 2 is 1.88 bits per heavy atom. The molecule has 1 aromatic carbocycles. The Kier molecular flexibility index (Phi) is 4.07. The van der Waals surface area contributed by atoms with E-state index < -0.39 is 0 Å². The van der Waals surface area contributed by atoms with Gasteiger partial charge in [0.25, 0.3) is 5.91 Å². The zero-order chi connectivity index (χ0) is 17.6. The van der Waals surface area contributed by atoms with Crippen molar-refractivity contribution in [2.45, 2.75) is 57.5 Å². The largest absolute Gasteiger partial charge is 0.314 e. The van der Waals surface area contributed by atoms with Crippen molar-refractivity contribution in [1.29, 1.82) is 0 Å². The molecule has 25 heavy (non-hydrogen) atoms. The van der Waals surface area contributed by atoms with Crippen molar-refractivity contribution in [1.82, 2.24) is 15.3 Å². The molecule has 132 valence electrons. The number of nitrogens with zero attached hydrogens (tertiary/aromatic N) is 2. The van der Waals surface area contributed by atoms with Crippen molar-refractivity contribution >= 4 is 17.7 Å². The van der Waals surface area contributed by atoms with Gasteiger partial charge in [-0.15, -0.1) is 0 Å². The van der Waals surface area contributed by atoms with E-state index in [4.69, 9.17) is 0 Å². The molecule has 2 atom stereocenters. The number of carbonyl (C=O) groups excluding carboxylic acids is 3. The summed E-state index contributed by atoms with van der Waals surface area (Å²) in [4.78, 5) is 37.0. The average molecular weight is 341 g/mol. The number of nitrogens with one attached hydrogen (secondary N) is 1. The number of hydrazine groups is 1. The van der Waals surface area contributed by atoms with Crippen molar-refractivity contribution in [3.63, 3.8) is 0 Å². The first-order valence-corrected chi connectivity index (χ1v) is 9.08. The van der Waals surface area contributed by atoms with Crippen LogP contribution in [0.15, 0.2) is 18.2 Å². The molecule has 0 saturated carbocycles. The van der Waals surface area contributed by atoms with Crippen LogP contribution in [0.2, 0.25) is 0 Å². The van der Waals surface area contributed by atoms with Crippen LogP contribution in [-0.2, 0) is 16.1 Å². The predicted molar refractivity (Wildman–Crippen MR) is 91.5 cm³/mol. The summed E-state index contributed by atoms with van der Waals surface area (Å²) in [6, 6.07) is 6.48. The summed E-state index contributed by atoms with van der Waals surface area (Å²) >= 11 is 0. The van der Waals surface area contributed by atoms with Gasteiger partial charge in [0.05, 0.1) is 6.54 Å². The van der Waals surface area contributed by atoms with Crippen LogP contribution in [0.5, 0.6) is 0 Å². The maximum atomic E-state index is 12.7. The molecule has 3 aliphatic heterocycles. The second-order valence-corrected chi connectivity index (χ2v) is 7.31. The minimum Gasteiger partial charge on any atom is -0.314 e. The molecular weight excluding hydrogens is 318 g/mol. The number of amides is 3. The molecular formula is C19H23N3O3. The minimum absolute atomic E-state index is 0.246. The summed E-state index contributed by atoms with van der Waals surface area (Å²) < 4.78 is 0. The number of rotatable bonds is 2. The average Bonchev–Trinajstić information content (AvgIpc) is 2.91. The van der Waals surface area contributed by atoms with Crippen molar-refractivity contribution in [2.24, 2.45) is 0 Å². The van der Waals surface area contributed by atoms with Crippen molar-refractivity contribution in [3.05, 3.63) is 34.9 Å². The topological polar surface area (TPSA) is 69.7 Å². The summed E-state index contributed by atoms with van der Waals surface area (Å²) in [6.45, 7) is 3.50. The highest BCUT2D eigenvalue weighted by Gasteiger charge is 2.39. The number of imide groups is 1. The maximum absolute atomic E-state index is 12.7. The number of hydrogen-bond acceptors (Lipinski definition) is 4. The lowest BCUT2D eigenvalue weighted by Crippen LogP contribution is -2.51. The van der Waals surface area contributed by atoms with Crippen LogP contribution in [-0.4, -0.2) is 40.3 Å². The summed E-state index contributed by atoms with van der Waals surface area (Å²) in [5.41, 5.74) is 2.77. The van der Waals surface area contributed by atoms with E-state index >= 15 is 0 Å². The second kappa shape index (κ2) is 6.26. The minimum atomic E-state index is -0.273. The Bertz CT molecular complexity index is 729. The van der Waals surface area contributed by atoms with Crippen LogP contribution in [0.25, 0.3) is 0 Å². The molecule has 2 unspecified atom stereocenters. The van der Waals surface area contributed by atoms with E-state index in [-0.39, 0.29) is 17.7 Å². The van der Waals surface area contributed by atoms with E-state index in [0.717, 1.165) is 30.0 Å². The third-order valence-electron chi connectivity index (χ3n) is 5.50. The Morgan fingerprint density at radius 1 is 1.12 bits per heavy atom. The van der Waals surface area contributed by atoms with Gasteiger partial charge in [-0.25, -0.2) is 5.01 Å². The number of fused-ring (bicyclic) bond motifs is 1. The monoisotopic (exact) mass is 341 g/mol. The first-order valence-electron chi connectivity index (χ1n) is 9.08. The van der Waals surface area contributed by atoms with E-state index in [0.29, 0.717) is 43.3 Å². The first kappa shape index (κ1) is 16.3. The summed E-state index contributed by atoms with van der Waals surface area (Å²) in [6.07, 6.45) is 3.39. The molecule has 3 amide bonds. The van der Waals surface area contributed by atoms with Gasteiger partial charge in [-0.05, 0) is 55.8 Å². The molecule has 0 bridgehead atoms. The second-order valence-electron chi connectivity index (χ2n) is 7.31. The molecule has 0 aliphatic carbocycles. The van der Waals surface area contributed by atoms with Crippen LogP contribution < -0.4 is 5.32 Å². The van der Waals surface area contributed by atoms with Crippen LogP contribution in [0, 0.1) is 0 Å². The fourth-order valence-electron chi connectivity index (χ4n) is 4.19. The van der Waals surface area contributed by atoms with Gasteiger partial charge in [0.2, 0.25) is 11.8 Å². The van der Waals surface area contributed by atoms with Gasteiger partial charge >= 0.3 is 0 Å². The molecule has 3 aliphatic rings. The molecule has 1 N–H and O–H groups in total. The molecule has 2 fully saturated rings. The Hall–Kier alpha value is -2.21.